The Kier molecular flexibility index (Phi) is 2.10. The Balaban J connectivity index is 1.97. The summed E-state index contributed by atoms with van der Waals surface area (Å²) in [6.07, 6.45) is 1.74. The van der Waals surface area contributed by atoms with Gasteiger partial charge in [-0.2, -0.15) is 0 Å². The topological polar surface area (TPSA) is 28.4 Å². The standard InChI is InChI=1S/C12H14N2O/c1-2-10-3-4-11(12(10)15-9-1)14-7-5-13-6-8-14/h1-4,9,13H,5-8H2. The lowest BCUT2D eigenvalue weighted by Gasteiger charge is -2.29. The van der Waals surface area contributed by atoms with E-state index in [0.717, 1.165) is 31.9 Å². The average molecular weight is 202 g/mol. The summed E-state index contributed by atoms with van der Waals surface area (Å²) in [5.41, 5.74) is 2.41. The fraction of sp³-hybridized carbons (Fsp3) is 0.333. The molecule has 1 N–H and O–H groups in total. The van der Waals surface area contributed by atoms with Crippen molar-refractivity contribution in [3.8, 4) is 11.3 Å². The van der Waals surface area contributed by atoms with E-state index in [0.29, 0.717) is 0 Å². The Bertz CT molecular complexity index is 418. The molecule has 0 unspecified atom stereocenters. The maximum absolute atomic E-state index is 5.57. The fourth-order valence-electron chi connectivity index (χ4n) is 2.13. The third-order valence-electron chi connectivity index (χ3n) is 2.91. The minimum atomic E-state index is 1.01. The van der Waals surface area contributed by atoms with E-state index in [9.17, 15) is 0 Å². The fourth-order valence-corrected chi connectivity index (χ4v) is 2.13. The molecule has 0 spiro atoms. The maximum Gasteiger partial charge on any atom is 0.157 e. The largest absolute Gasteiger partial charge is 0.462 e. The van der Waals surface area contributed by atoms with E-state index in [4.69, 9.17) is 4.42 Å². The lowest BCUT2D eigenvalue weighted by atomic mass is 10.2. The van der Waals surface area contributed by atoms with Crippen LogP contribution in [0.3, 0.4) is 0 Å². The Morgan fingerprint density at radius 2 is 2.00 bits per heavy atom. The van der Waals surface area contributed by atoms with Crippen LogP contribution in [0.15, 0.2) is 34.9 Å². The summed E-state index contributed by atoms with van der Waals surface area (Å²) in [6, 6.07) is 8.30. The predicted octanol–water partition coefficient (Wildman–Crippen LogP) is 1.79. The van der Waals surface area contributed by atoms with Crippen LogP contribution in [0.2, 0.25) is 0 Å². The van der Waals surface area contributed by atoms with Gasteiger partial charge in [-0.25, -0.2) is 0 Å². The molecule has 3 rings (SSSR count). The summed E-state index contributed by atoms with van der Waals surface area (Å²) in [6.45, 7) is 4.23. The lowest BCUT2D eigenvalue weighted by molar-refractivity contribution is 0.553. The molecule has 0 bridgehead atoms. The van der Waals surface area contributed by atoms with E-state index in [1.54, 1.807) is 6.26 Å². The third-order valence-corrected chi connectivity index (χ3v) is 2.91. The van der Waals surface area contributed by atoms with Crippen molar-refractivity contribution in [1.29, 1.82) is 0 Å². The van der Waals surface area contributed by atoms with Gasteiger partial charge in [0.25, 0.3) is 0 Å². The molecule has 15 heavy (non-hydrogen) atoms. The summed E-state index contributed by atoms with van der Waals surface area (Å²) in [5, 5.41) is 3.35. The molecule has 78 valence electrons. The molecule has 0 aromatic rings. The van der Waals surface area contributed by atoms with Crippen molar-refractivity contribution in [2.24, 2.45) is 0 Å². The minimum Gasteiger partial charge on any atom is -0.462 e. The van der Waals surface area contributed by atoms with Gasteiger partial charge in [0.2, 0.25) is 0 Å². The van der Waals surface area contributed by atoms with Crippen molar-refractivity contribution in [1.82, 2.24) is 5.32 Å². The highest BCUT2D eigenvalue weighted by molar-refractivity contribution is 5.77. The van der Waals surface area contributed by atoms with Crippen LogP contribution in [0, 0.1) is 0 Å². The summed E-state index contributed by atoms with van der Waals surface area (Å²) in [5.74, 6) is 1.01. The zero-order valence-electron chi connectivity index (χ0n) is 8.57. The van der Waals surface area contributed by atoms with Crippen molar-refractivity contribution in [3.05, 3.63) is 30.5 Å². The molecule has 2 heterocycles. The highest BCUT2D eigenvalue weighted by Gasteiger charge is 2.18. The first kappa shape index (κ1) is 8.80. The Hall–Kier alpha value is -1.48. The highest BCUT2D eigenvalue weighted by Crippen LogP contribution is 2.34. The van der Waals surface area contributed by atoms with Gasteiger partial charge in [-0.3, -0.25) is 0 Å². The second-order valence-electron chi connectivity index (χ2n) is 3.85. The van der Waals surface area contributed by atoms with Gasteiger partial charge in [0.05, 0.1) is 12.0 Å². The number of rotatable bonds is 1. The number of fused-ring (bicyclic) bond motifs is 1. The number of hydrogen-bond acceptors (Lipinski definition) is 3. The first-order valence-corrected chi connectivity index (χ1v) is 5.37. The van der Waals surface area contributed by atoms with Crippen LogP contribution in [0.1, 0.15) is 0 Å². The molecular formula is C12H14N2O. The molecule has 0 aromatic carbocycles. The molecule has 1 aliphatic carbocycles. The van der Waals surface area contributed by atoms with Gasteiger partial charge in [-0.05, 0) is 24.3 Å². The van der Waals surface area contributed by atoms with Crippen molar-refractivity contribution in [3.63, 3.8) is 0 Å². The number of hydrogen-bond donors (Lipinski definition) is 1. The molecule has 0 aromatic heterocycles. The predicted molar refractivity (Wildman–Crippen MR) is 60.4 cm³/mol. The molecule has 0 amide bonds. The van der Waals surface area contributed by atoms with Crippen LogP contribution in [-0.2, 0) is 0 Å². The monoisotopic (exact) mass is 202 g/mol. The molecular weight excluding hydrogens is 188 g/mol. The van der Waals surface area contributed by atoms with Crippen LogP contribution < -0.4 is 10.2 Å². The van der Waals surface area contributed by atoms with Gasteiger partial charge in [0.15, 0.2) is 5.76 Å². The summed E-state index contributed by atoms with van der Waals surface area (Å²) in [7, 11) is 0. The first-order chi connectivity index (χ1) is 7.45. The van der Waals surface area contributed by atoms with E-state index in [1.807, 2.05) is 6.07 Å². The zero-order valence-corrected chi connectivity index (χ0v) is 8.57. The van der Waals surface area contributed by atoms with Crippen molar-refractivity contribution in [2.75, 3.05) is 31.1 Å². The molecule has 3 nitrogen and oxygen atoms in total. The minimum absolute atomic E-state index is 1.01. The SMILES string of the molecule is c1coc2c(N3CCNCC3)ccc-2c1. The van der Waals surface area contributed by atoms with Crippen LogP contribution in [0.4, 0.5) is 5.69 Å². The van der Waals surface area contributed by atoms with Crippen LogP contribution in [0.5, 0.6) is 0 Å². The van der Waals surface area contributed by atoms with E-state index in [1.165, 1.54) is 11.3 Å². The van der Waals surface area contributed by atoms with E-state index < -0.39 is 0 Å². The highest BCUT2D eigenvalue weighted by atomic mass is 16.3. The third kappa shape index (κ3) is 1.49. The summed E-state index contributed by atoms with van der Waals surface area (Å²) >= 11 is 0. The van der Waals surface area contributed by atoms with Gasteiger partial charge in [0.1, 0.15) is 0 Å². The molecule has 0 saturated carbocycles. The lowest BCUT2D eigenvalue weighted by Crippen LogP contribution is -2.43. The molecule has 3 aliphatic rings. The normalized spacial score (nSPS) is 17.2. The molecule has 0 atom stereocenters. The molecule has 2 aliphatic heterocycles. The average Bonchev–Trinajstić information content (AvgIpc) is 2.74. The van der Waals surface area contributed by atoms with Crippen LogP contribution >= 0.6 is 0 Å². The molecule has 3 heteroatoms. The number of nitrogens with one attached hydrogen (secondary N) is 1. The molecule has 1 saturated heterocycles. The van der Waals surface area contributed by atoms with Gasteiger partial charge in [-0.1, -0.05) is 0 Å². The summed E-state index contributed by atoms with van der Waals surface area (Å²) in [4.78, 5) is 2.38. The second kappa shape index (κ2) is 3.59. The number of piperazine rings is 1. The van der Waals surface area contributed by atoms with Crippen LogP contribution in [-0.4, -0.2) is 26.2 Å². The van der Waals surface area contributed by atoms with Gasteiger partial charge >= 0.3 is 0 Å². The van der Waals surface area contributed by atoms with Gasteiger partial charge in [0, 0.05) is 31.7 Å². The maximum atomic E-state index is 5.57. The van der Waals surface area contributed by atoms with E-state index in [-0.39, 0.29) is 0 Å². The van der Waals surface area contributed by atoms with Crippen molar-refractivity contribution >= 4 is 5.69 Å². The van der Waals surface area contributed by atoms with Crippen molar-refractivity contribution in [2.45, 2.75) is 0 Å². The first-order valence-electron chi connectivity index (χ1n) is 5.37. The number of nitrogens with zero attached hydrogens (tertiary/aromatic N) is 1. The molecule has 1 fully saturated rings. The zero-order chi connectivity index (χ0) is 10.1. The smallest absolute Gasteiger partial charge is 0.157 e. The molecule has 0 radical (unpaired) electrons. The quantitative estimate of drug-likeness (QED) is 0.764. The van der Waals surface area contributed by atoms with E-state index in [2.05, 4.69) is 28.4 Å². The Labute approximate surface area is 89.0 Å². The van der Waals surface area contributed by atoms with Gasteiger partial charge in [-0.15, -0.1) is 0 Å². The van der Waals surface area contributed by atoms with Crippen LogP contribution in [0.25, 0.3) is 11.3 Å². The van der Waals surface area contributed by atoms with Crippen molar-refractivity contribution < 1.29 is 4.42 Å². The second-order valence-corrected chi connectivity index (χ2v) is 3.85. The Morgan fingerprint density at radius 3 is 2.87 bits per heavy atom. The van der Waals surface area contributed by atoms with E-state index >= 15 is 0 Å². The Morgan fingerprint density at radius 1 is 1.13 bits per heavy atom. The van der Waals surface area contributed by atoms with Gasteiger partial charge < -0.3 is 14.6 Å². The summed E-state index contributed by atoms with van der Waals surface area (Å²) < 4.78 is 5.57. The number of anilines is 1.